The Morgan fingerprint density at radius 2 is 2.05 bits per heavy atom. The number of ketones is 1. The summed E-state index contributed by atoms with van der Waals surface area (Å²) in [7, 11) is 0. The van der Waals surface area contributed by atoms with Gasteiger partial charge < -0.3 is 4.42 Å². The summed E-state index contributed by atoms with van der Waals surface area (Å²) in [5, 5.41) is 0. The van der Waals surface area contributed by atoms with Crippen LogP contribution in [-0.2, 0) is 6.42 Å². The number of benzene rings is 1. The van der Waals surface area contributed by atoms with E-state index in [9.17, 15) is 9.59 Å². The summed E-state index contributed by atoms with van der Waals surface area (Å²) in [6.07, 6.45) is 5.75. The Morgan fingerprint density at radius 3 is 2.80 bits per heavy atom. The first kappa shape index (κ1) is 12.6. The number of fused-ring (bicyclic) bond motifs is 3. The van der Waals surface area contributed by atoms with Crippen LogP contribution in [-0.4, -0.2) is 5.78 Å². The van der Waals surface area contributed by atoms with E-state index in [4.69, 9.17) is 4.42 Å². The number of Topliss-reactive ketones (excluding diaryl/α,β-unsaturated/α-hetero) is 1. The number of allylic oxidation sites excluding steroid dienone is 1. The Balaban J connectivity index is 2.43. The Kier molecular flexibility index (Phi) is 2.90. The van der Waals surface area contributed by atoms with Gasteiger partial charge in [-0.25, -0.2) is 0 Å². The zero-order valence-corrected chi connectivity index (χ0v) is 11.4. The molecule has 3 nitrogen and oxygen atoms in total. The van der Waals surface area contributed by atoms with Crippen LogP contribution in [0.1, 0.15) is 34.2 Å². The molecule has 0 aliphatic heterocycles. The van der Waals surface area contributed by atoms with Crippen LogP contribution in [0.3, 0.4) is 0 Å². The van der Waals surface area contributed by atoms with Crippen molar-refractivity contribution >= 4 is 11.9 Å². The van der Waals surface area contributed by atoms with Gasteiger partial charge in [-0.1, -0.05) is 18.2 Å². The molecule has 1 heterocycles. The molecule has 0 N–H and O–H groups in total. The van der Waals surface area contributed by atoms with Crippen molar-refractivity contribution < 1.29 is 9.21 Å². The predicted molar refractivity (Wildman–Crippen MR) is 77.9 cm³/mol. The van der Waals surface area contributed by atoms with E-state index in [0.29, 0.717) is 23.3 Å². The van der Waals surface area contributed by atoms with Crippen molar-refractivity contribution in [2.75, 3.05) is 0 Å². The van der Waals surface area contributed by atoms with E-state index in [1.54, 1.807) is 13.0 Å². The molecule has 0 saturated heterocycles. The molecule has 0 saturated carbocycles. The Hall–Kier alpha value is -2.42. The van der Waals surface area contributed by atoms with Gasteiger partial charge in [0.05, 0.1) is 11.8 Å². The fourth-order valence-electron chi connectivity index (χ4n) is 2.81. The molecule has 0 bridgehead atoms. The van der Waals surface area contributed by atoms with Gasteiger partial charge >= 0.3 is 0 Å². The third-order valence-electron chi connectivity index (χ3n) is 3.64. The molecule has 0 spiro atoms. The van der Waals surface area contributed by atoms with E-state index < -0.39 is 0 Å². The highest BCUT2D eigenvalue weighted by molar-refractivity contribution is 5.99. The fraction of sp³-hybridized carbons (Fsp3) is 0.176. The molecule has 1 aromatic heterocycles. The second-order valence-electron chi connectivity index (χ2n) is 4.97. The summed E-state index contributed by atoms with van der Waals surface area (Å²) in [5.41, 5.74) is 3.81. The molecule has 2 aromatic rings. The summed E-state index contributed by atoms with van der Waals surface area (Å²) in [5.74, 6) is 0.575. The van der Waals surface area contributed by atoms with Gasteiger partial charge in [-0.2, -0.15) is 0 Å². The van der Waals surface area contributed by atoms with Crippen molar-refractivity contribution in [2.45, 2.75) is 20.3 Å². The monoisotopic (exact) mass is 266 g/mol. The molecule has 1 aliphatic rings. The highest BCUT2D eigenvalue weighted by Gasteiger charge is 2.21. The first-order valence-corrected chi connectivity index (χ1v) is 6.51. The van der Waals surface area contributed by atoms with Gasteiger partial charge in [0, 0.05) is 11.6 Å². The number of hydrogen-bond acceptors (Lipinski definition) is 3. The maximum absolute atomic E-state index is 12.2. The molecule has 1 aliphatic carbocycles. The van der Waals surface area contributed by atoms with Gasteiger partial charge in [-0.15, -0.1) is 0 Å². The van der Waals surface area contributed by atoms with Crippen molar-refractivity contribution in [1.29, 1.82) is 0 Å². The average Bonchev–Trinajstić information content (AvgIpc) is 2.58. The molecular weight excluding hydrogens is 252 g/mol. The van der Waals surface area contributed by atoms with E-state index in [1.807, 2.05) is 25.1 Å². The van der Waals surface area contributed by atoms with Crippen LogP contribution in [0.2, 0.25) is 0 Å². The minimum absolute atomic E-state index is 0.0246. The van der Waals surface area contributed by atoms with Gasteiger partial charge in [0.2, 0.25) is 0 Å². The number of hydrogen-bond donors (Lipinski definition) is 0. The molecule has 0 fully saturated rings. The maximum atomic E-state index is 12.2. The molecular formula is C17H14O3. The first-order chi connectivity index (χ1) is 9.59. The number of carbonyl (C=O) groups is 1. The third kappa shape index (κ3) is 1.83. The summed E-state index contributed by atoms with van der Waals surface area (Å²) < 4.78 is 5.43. The quantitative estimate of drug-likeness (QED) is 0.743. The van der Waals surface area contributed by atoms with Crippen LogP contribution >= 0.6 is 0 Å². The zero-order chi connectivity index (χ0) is 14.3. The predicted octanol–water partition coefficient (Wildman–Crippen LogP) is 3.39. The molecule has 0 atom stereocenters. The van der Waals surface area contributed by atoms with E-state index in [1.165, 1.54) is 12.3 Å². The zero-order valence-electron chi connectivity index (χ0n) is 11.4. The lowest BCUT2D eigenvalue weighted by Crippen LogP contribution is -2.09. The fourth-order valence-corrected chi connectivity index (χ4v) is 2.81. The molecule has 100 valence electrons. The van der Waals surface area contributed by atoms with Gasteiger partial charge in [-0.05, 0) is 43.0 Å². The van der Waals surface area contributed by atoms with Crippen LogP contribution in [0.4, 0.5) is 0 Å². The highest BCUT2D eigenvalue weighted by atomic mass is 16.3. The Labute approximate surface area is 116 Å². The van der Waals surface area contributed by atoms with Crippen molar-refractivity contribution in [1.82, 2.24) is 0 Å². The lowest BCUT2D eigenvalue weighted by atomic mass is 9.90. The van der Waals surface area contributed by atoms with E-state index in [0.717, 1.165) is 16.7 Å². The van der Waals surface area contributed by atoms with Crippen LogP contribution in [0, 0.1) is 6.92 Å². The Morgan fingerprint density at radius 1 is 1.25 bits per heavy atom. The molecule has 3 heteroatoms. The second-order valence-corrected chi connectivity index (χ2v) is 4.97. The van der Waals surface area contributed by atoms with Gasteiger partial charge in [0.15, 0.2) is 11.2 Å². The topological polar surface area (TPSA) is 47.3 Å². The second kappa shape index (κ2) is 4.60. The van der Waals surface area contributed by atoms with E-state index in [-0.39, 0.29) is 11.2 Å². The summed E-state index contributed by atoms with van der Waals surface area (Å²) in [6.45, 7) is 3.48. The van der Waals surface area contributed by atoms with Crippen molar-refractivity contribution in [3.63, 3.8) is 0 Å². The van der Waals surface area contributed by atoms with Crippen LogP contribution in [0.15, 0.2) is 39.7 Å². The molecule has 3 rings (SSSR count). The largest absolute Gasteiger partial charge is 0.464 e. The summed E-state index contributed by atoms with van der Waals surface area (Å²) in [6, 6.07) is 5.20. The molecule has 0 radical (unpaired) electrons. The molecule has 0 unspecified atom stereocenters. The molecule has 0 amide bonds. The lowest BCUT2D eigenvalue weighted by molar-refractivity contribution is 0.101. The van der Waals surface area contributed by atoms with Gasteiger partial charge in [0.25, 0.3) is 0 Å². The van der Waals surface area contributed by atoms with Crippen LogP contribution in [0.5, 0.6) is 0 Å². The number of aryl methyl sites for hydroxylation is 1. The smallest absolute Gasteiger partial charge is 0.193 e. The first-order valence-electron chi connectivity index (χ1n) is 6.51. The van der Waals surface area contributed by atoms with Crippen molar-refractivity contribution in [2.24, 2.45) is 0 Å². The number of carbonyl (C=O) groups excluding carboxylic acids is 1. The van der Waals surface area contributed by atoms with Crippen LogP contribution < -0.4 is 5.43 Å². The van der Waals surface area contributed by atoms with E-state index >= 15 is 0 Å². The summed E-state index contributed by atoms with van der Waals surface area (Å²) >= 11 is 0. The SMILES string of the molecule is CC(=O)c1c(C)ccc2c1CC=Cc1occc(=O)c1-2. The highest BCUT2D eigenvalue weighted by Crippen LogP contribution is 2.32. The summed E-state index contributed by atoms with van der Waals surface area (Å²) in [4.78, 5) is 24.1. The van der Waals surface area contributed by atoms with Crippen molar-refractivity contribution in [3.05, 3.63) is 63.2 Å². The standard InChI is InChI=1S/C17H14O3/c1-10-6-7-13-12(16(10)11(2)18)4-3-5-15-17(13)14(19)8-9-20-15/h3,5-9H,4H2,1-2H3. The minimum atomic E-state index is -0.0857. The normalized spacial score (nSPS) is 12.5. The Bertz CT molecular complexity index is 794. The van der Waals surface area contributed by atoms with Gasteiger partial charge in [-0.3, -0.25) is 9.59 Å². The van der Waals surface area contributed by atoms with Crippen molar-refractivity contribution in [3.8, 4) is 11.1 Å². The lowest BCUT2D eigenvalue weighted by Gasteiger charge is -2.13. The van der Waals surface area contributed by atoms with E-state index in [2.05, 4.69) is 0 Å². The molecule has 1 aromatic carbocycles. The average molecular weight is 266 g/mol. The third-order valence-corrected chi connectivity index (χ3v) is 3.64. The minimum Gasteiger partial charge on any atom is -0.464 e. The molecule has 20 heavy (non-hydrogen) atoms. The number of rotatable bonds is 1. The maximum Gasteiger partial charge on any atom is 0.193 e. The van der Waals surface area contributed by atoms with Crippen LogP contribution in [0.25, 0.3) is 17.2 Å². The van der Waals surface area contributed by atoms with Gasteiger partial charge in [0.1, 0.15) is 5.76 Å².